The normalized spacial score (nSPS) is 11.4. The number of pyridine rings is 1. The maximum Gasteiger partial charge on any atom is 0.416 e. The lowest BCUT2D eigenvalue weighted by Gasteiger charge is -2.11. The van der Waals surface area contributed by atoms with Crippen LogP contribution in [0.1, 0.15) is 5.56 Å². The van der Waals surface area contributed by atoms with E-state index in [2.05, 4.69) is 4.98 Å². The molecule has 0 aliphatic rings. The Hall–Kier alpha value is -1.89. The van der Waals surface area contributed by atoms with Gasteiger partial charge in [-0.1, -0.05) is 23.9 Å². The minimum absolute atomic E-state index is 0.168. The molecule has 2 N–H and O–H groups in total. The van der Waals surface area contributed by atoms with E-state index in [0.29, 0.717) is 10.6 Å². The molecule has 0 aliphatic heterocycles. The highest BCUT2D eigenvalue weighted by Crippen LogP contribution is 2.37. The molecule has 0 aliphatic carbocycles. The van der Waals surface area contributed by atoms with E-state index in [1.54, 1.807) is 24.3 Å². The minimum atomic E-state index is -4.45. The number of halogens is 3. The zero-order chi connectivity index (χ0) is 14.8. The number of nitrogen functional groups attached to an aromatic ring is 1. The third-order valence-corrected chi connectivity index (χ3v) is 3.41. The van der Waals surface area contributed by atoms with Crippen molar-refractivity contribution in [2.24, 2.45) is 0 Å². The number of nitrogens with two attached hydrogens (primary N) is 1. The van der Waals surface area contributed by atoms with Crippen LogP contribution >= 0.6 is 11.8 Å². The first kappa shape index (κ1) is 14.5. The Morgan fingerprint density at radius 2 is 1.90 bits per heavy atom. The highest BCUT2D eigenvalue weighted by Gasteiger charge is 2.31. The van der Waals surface area contributed by atoms with Crippen LogP contribution in [0.2, 0.25) is 0 Å². The summed E-state index contributed by atoms with van der Waals surface area (Å²) in [6.45, 7) is 0. The van der Waals surface area contributed by atoms with E-state index in [1.165, 1.54) is 7.11 Å². The molecule has 0 amide bonds. The molecule has 2 rings (SSSR count). The van der Waals surface area contributed by atoms with Gasteiger partial charge in [-0.15, -0.1) is 0 Å². The molecule has 0 atom stereocenters. The average Bonchev–Trinajstić information content (AvgIpc) is 2.37. The van der Waals surface area contributed by atoms with E-state index in [4.69, 9.17) is 10.5 Å². The van der Waals surface area contributed by atoms with Gasteiger partial charge < -0.3 is 10.5 Å². The number of hydrogen-bond acceptors (Lipinski definition) is 4. The summed E-state index contributed by atoms with van der Waals surface area (Å²) < 4.78 is 43.3. The number of benzene rings is 1. The van der Waals surface area contributed by atoms with E-state index in [-0.39, 0.29) is 10.8 Å². The van der Waals surface area contributed by atoms with E-state index < -0.39 is 11.7 Å². The molecule has 2 aromatic rings. The molecule has 0 fully saturated rings. The zero-order valence-corrected chi connectivity index (χ0v) is 11.3. The summed E-state index contributed by atoms with van der Waals surface area (Å²) in [5, 5.41) is 0.168. The molecule has 3 nitrogen and oxygen atoms in total. The molecule has 1 aromatic carbocycles. The quantitative estimate of drug-likeness (QED) is 0.935. The first-order valence-electron chi connectivity index (χ1n) is 5.56. The zero-order valence-electron chi connectivity index (χ0n) is 10.4. The van der Waals surface area contributed by atoms with Crippen LogP contribution < -0.4 is 10.5 Å². The smallest absolute Gasteiger partial charge is 0.416 e. The molecule has 0 saturated heterocycles. The Morgan fingerprint density at radius 3 is 2.55 bits per heavy atom. The van der Waals surface area contributed by atoms with E-state index in [0.717, 1.165) is 23.9 Å². The Kier molecular flexibility index (Phi) is 4.08. The van der Waals surface area contributed by atoms with Gasteiger partial charge in [0.2, 0.25) is 0 Å². The van der Waals surface area contributed by atoms with Crippen molar-refractivity contribution < 1.29 is 17.9 Å². The van der Waals surface area contributed by atoms with Crippen LogP contribution in [0.4, 0.5) is 19.0 Å². The number of rotatable bonds is 3. The summed E-state index contributed by atoms with van der Waals surface area (Å²) >= 11 is 1.07. The van der Waals surface area contributed by atoms with Crippen LogP contribution in [-0.4, -0.2) is 12.1 Å². The summed E-state index contributed by atoms with van der Waals surface area (Å²) in [5.74, 6) is 0.396. The van der Waals surface area contributed by atoms with Gasteiger partial charge in [-0.25, -0.2) is 4.98 Å². The Labute approximate surface area is 118 Å². The van der Waals surface area contributed by atoms with Crippen molar-refractivity contribution in [3.63, 3.8) is 0 Å². The summed E-state index contributed by atoms with van der Waals surface area (Å²) in [6.07, 6.45) is -4.45. The maximum atomic E-state index is 12.7. The van der Waals surface area contributed by atoms with Crippen molar-refractivity contribution in [3.05, 3.63) is 42.0 Å². The first-order valence-corrected chi connectivity index (χ1v) is 6.37. The van der Waals surface area contributed by atoms with Crippen molar-refractivity contribution in [1.82, 2.24) is 4.98 Å². The largest absolute Gasteiger partial charge is 0.496 e. The van der Waals surface area contributed by atoms with Crippen molar-refractivity contribution in [2.75, 3.05) is 12.8 Å². The van der Waals surface area contributed by atoms with Gasteiger partial charge in [0.25, 0.3) is 0 Å². The second kappa shape index (κ2) is 5.62. The molecule has 20 heavy (non-hydrogen) atoms. The van der Waals surface area contributed by atoms with Gasteiger partial charge in [0.05, 0.1) is 17.6 Å². The molecule has 7 heteroatoms. The SMILES string of the molecule is COc1ccccc1Sc1cc(C(F)(F)F)cc(N)n1. The minimum Gasteiger partial charge on any atom is -0.496 e. The number of nitrogens with zero attached hydrogens (tertiary/aromatic N) is 1. The van der Waals surface area contributed by atoms with E-state index in [9.17, 15) is 13.2 Å². The molecule has 106 valence electrons. The summed E-state index contributed by atoms with van der Waals surface area (Å²) in [4.78, 5) is 4.57. The molecular formula is C13H11F3N2OS. The fourth-order valence-corrected chi connectivity index (χ4v) is 2.52. The standard InChI is InChI=1S/C13H11F3N2OS/c1-19-9-4-2-3-5-10(9)20-12-7-8(13(14,15)16)6-11(17)18-12/h2-7H,1H3,(H2,17,18). The molecule has 0 saturated carbocycles. The second-order valence-electron chi connectivity index (χ2n) is 3.87. The van der Waals surface area contributed by atoms with Crippen molar-refractivity contribution in [3.8, 4) is 5.75 Å². The summed E-state index contributed by atoms with van der Waals surface area (Å²) in [6, 6.07) is 8.78. The Morgan fingerprint density at radius 1 is 1.20 bits per heavy atom. The van der Waals surface area contributed by atoms with E-state index in [1.807, 2.05) is 0 Å². The van der Waals surface area contributed by atoms with Crippen LogP contribution in [0.3, 0.4) is 0 Å². The van der Waals surface area contributed by atoms with Crippen LogP contribution in [0.5, 0.6) is 5.75 Å². The number of methoxy groups -OCH3 is 1. The molecule has 0 unspecified atom stereocenters. The predicted octanol–water partition coefficient (Wildman–Crippen LogP) is 3.84. The molecular weight excluding hydrogens is 289 g/mol. The maximum absolute atomic E-state index is 12.7. The average molecular weight is 300 g/mol. The van der Waals surface area contributed by atoms with Gasteiger partial charge in [-0.2, -0.15) is 13.2 Å². The second-order valence-corrected chi connectivity index (χ2v) is 4.93. The topological polar surface area (TPSA) is 48.1 Å². The van der Waals surface area contributed by atoms with Gasteiger partial charge in [0.15, 0.2) is 0 Å². The molecule has 1 aromatic heterocycles. The Bertz CT molecular complexity index is 617. The van der Waals surface area contributed by atoms with Crippen LogP contribution in [0.15, 0.2) is 46.3 Å². The lowest BCUT2D eigenvalue weighted by Crippen LogP contribution is -2.07. The van der Waals surface area contributed by atoms with Crippen molar-refractivity contribution >= 4 is 17.6 Å². The number of para-hydroxylation sites is 1. The lowest BCUT2D eigenvalue weighted by molar-refractivity contribution is -0.137. The highest BCUT2D eigenvalue weighted by atomic mass is 32.2. The highest BCUT2D eigenvalue weighted by molar-refractivity contribution is 7.99. The number of ether oxygens (including phenoxy) is 1. The fraction of sp³-hybridized carbons (Fsp3) is 0.154. The van der Waals surface area contributed by atoms with Gasteiger partial charge in [-0.3, -0.25) is 0 Å². The molecule has 1 heterocycles. The summed E-state index contributed by atoms with van der Waals surface area (Å²) in [5.41, 5.74) is 4.61. The van der Waals surface area contributed by atoms with Crippen LogP contribution in [-0.2, 0) is 6.18 Å². The molecule has 0 spiro atoms. The first-order chi connectivity index (χ1) is 9.40. The number of aromatic nitrogens is 1. The number of anilines is 1. The summed E-state index contributed by atoms with van der Waals surface area (Å²) in [7, 11) is 1.49. The number of hydrogen-bond donors (Lipinski definition) is 1. The van der Waals surface area contributed by atoms with E-state index >= 15 is 0 Å². The van der Waals surface area contributed by atoms with Gasteiger partial charge in [-0.05, 0) is 24.3 Å². The third kappa shape index (κ3) is 3.36. The van der Waals surface area contributed by atoms with Crippen LogP contribution in [0.25, 0.3) is 0 Å². The third-order valence-electron chi connectivity index (χ3n) is 2.43. The monoisotopic (exact) mass is 300 g/mol. The van der Waals surface area contributed by atoms with Crippen molar-refractivity contribution in [2.45, 2.75) is 16.1 Å². The van der Waals surface area contributed by atoms with Gasteiger partial charge in [0, 0.05) is 0 Å². The number of alkyl halides is 3. The van der Waals surface area contributed by atoms with Crippen LogP contribution in [0, 0.1) is 0 Å². The Balaban J connectivity index is 2.36. The van der Waals surface area contributed by atoms with Gasteiger partial charge in [0.1, 0.15) is 16.6 Å². The van der Waals surface area contributed by atoms with Gasteiger partial charge >= 0.3 is 6.18 Å². The van der Waals surface area contributed by atoms with Crippen molar-refractivity contribution in [1.29, 1.82) is 0 Å². The lowest BCUT2D eigenvalue weighted by atomic mass is 10.2. The molecule has 0 bridgehead atoms. The fourth-order valence-electron chi connectivity index (χ4n) is 1.56. The predicted molar refractivity (Wildman–Crippen MR) is 70.8 cm³/mol. The molecule has 0 radical (unpaired) electrons.